The highest BCUT2D eigenvalue weighted by Gasteiger charge is 2.54. The van der Waals surface area contributed by atoms with E-state index < -0.39 is 6.02 Å². The van der Waals surface area contributed by atoms with Gasteiger partial charge < -0.3 is 20.8 Å². The molecule has 4 aliphatic rings. The second-order valence-electron chi connectivity index (χ2n) is 9.97. The molecule has 2 aliphatic heterocycles. The molecule has 0 spiro atoms. The summed E-state index contributed by atoms with van der Waals surface area (Å²) in [7, 11) is 0. The SMILES string of the molecule is [2H]C(Nc1cc(Cl)c2ncc(C#N)c(NC3[C@H]4COC[C@@H]34)c2c1)(C1=CN(C2CC2)NN1)c1ccc(F)cc1. The first-order valence-corrected chi connectivity index (χ1v) is 12.8. The van der Waals surface area contributed by atoms with Crippen LogP contribution >= 0.6 is 11.6 Å². The Hall–Kier alpha value is -3.58. The number of benzene rings is 2. The Balaban J connectivity index is 1.30. The van der Waals surface area contributed by atoms with Crippen molar-refractivity contribution >= 4 is 33.9 Å². The van der Waals surface area contributed by atoms with Crippen LogP contribution in [-0.2, 0) is 4.74 Å². The van der Waals surface area contributed by atoms with Gasteiger partial charge in [0.1, 0.15) is 11.9 Å². The summed E-state index contributed by atoms with van der Waals surface area (Å²) in [6, 6.07) is 10.8. The van der Waals surface area contributed by atoms with Gasteiger partial charge in [-0.15, -0.1) is 5.53 Å². The molecular formula is C27H25ClFN7O. The fraction of sp³-hybridized carbons (Fsp3) is 0.333. The van der Waals surface area contributed by atoms with E-state index in [1.54, 1.807) is 18.2 Å². The van der Waals surface area contributed by atoms with Gasteiger partial charge in [0.2, 0.25) is 0 Å². The molecule has 3 aromatic rings. The van der Waals surface area contributed by atoms with Crippen molar-refractivity contribution in [2.24, 2.45) is 11.8 Å². The van der Waals surface area contributed by atoms with E-state index in [1.807, 2.05) is 17.3 Å². The second-order valence-corrected chi connectivity index (χ2v) is 10.4. The third-order valence-corrected chi connectivity index (χ3v) is 7.80. The van der Waals surface area contributed by atoms with Gasteiger partial charge in [0.25, 0.3) is 0 Å². The number of ether oxygens (including phenoxy) is 1. The lowest BCUT2D eigenvalue weighted by molar-refractivity contribution is 0.162. The Labute approximate surface area is 219 Å². The van der Waals surface area contributed by atoms with Crippen molar-refractivity contribution in [1.82, 2.24) is 21.0 Å². The lowest BCUT2D eigenvalue weighted by Gasteiger charge is -2.22. The average molecular weight is 519 g/mol. The van der Waals surface area contributed by atoms with Gasteiger partial charge in [-0.25, -0.2) is 4.39 Å². The molecule has 8 nitrogen and oxygen atoms in total. The van der Waals surface area contributed by atoms with Crippen LogP contribution in [0.15, 0.2) is 54.5 Å². The van der Waals surface area contributed by atoms with Crippen LogP contribution in [0.25, 0.3) is 10.9 Å². The monoisotopic (exact) mass is 518 g/mol. The van der Waals surface area contributed by atoms with E-state index in [9.17, 15) is 11.0 Å². The molecule has 37 heavy (non-hydrogen) atoms. The summed E-state index contributed by atoms with van der Waals surface area (Å²) in [4.78, 5) is 4.46. The van der Waals surface area contributed by atoms with E-state index in [1.165, 1.54) is 18.3 Å². The predicted molar refractivity (Wildman–Crippen MR) is 139 cm³/mol. The summed E-state index contributed by atoms with van der Waals surface area (Å²) >= 11 is 6.71. The van der Waals surface area contributed by atoms with Crippen LogP contribution in [0.5, 0.6) is 0 Å². The number of hydrazine groups is 2. The molecule has 7 rings (SSSR count). The van der Waals surface area contributed by atoms with E-state index in [0.29, 0.717) is 75.2 Å². The van der Waals surface area contributed by atoms with Gasteiger partial charge in [0.05, 0.1) is 48.1 Å². The maximum atomic E-state index is 13.8. The summed E-state index contributed by atoms with van der Waals surface area (Å²) in [6.45, 7) is 1.43. The van der Waals surface area contributed by atoms with Gasteiger partial charge in [-0.2, -0.15) is 5.26 Å². The summed E-state index contributed by atoms with van der Waals surface area (Å²) in [5, 5.41) is 19.8. The van der Waals surface area contributed by atoms with E-state index in [4.69, 9.17) is 16.3 Å². The first-order chi connectivity index (χ1) is 18.4. The fourth-order valence-electron chi connectivity index (χ4n) is 5.25. The molecule has 2 aliphatic carbocycles. The number of hydrogen-bond donors (Lipinski definition) is 4. The van der Waals surface area contributed by atoms with Crippen molar-refractivity contribution in [1.29, 1.82) is 5.26 Å². The standard InChI is InChI=1S/C27H25ClFN7O/c28-22-8-17(7-19-24(15(9-30)10-31-27(19)22)33-26-20-12-37-13-21(20)26)32-25(14-1-3-16(29)4-2-14)23-11-36(35-34-23)18-5-6-18/h1-4,7-8,10-11,18,20-21,25-26,32,34-35H,5-6,12-13H2,(H,31,33)/t20-,21+,25?,26?/i25D. The van der Waals surface area contributed by atoms with Gasteiger partial charge in [0.15, 0.2) is 0 Å². The molecule has 2 aromatic carbocycles. The van der Waals surface area contributed by atoms with Crippen LogP contribution < -0.4 is 21.6 Å². The fourth-order valence-corrected chi connectivity index (χ4v) is 5.52. The smallest absolute Gasteiger partial charge is 0.123 e. The van der Waals surface area contributed by atoms with Crippen LogP contribution in [0.4, 0.5) is 15.8 Å². The number of hydrogen-bond acceptors (Lipinski definition) is 8. The number of rotatable bonds is 7. The second kappa shape index (κ2) is 8.77. The van der Waals surface area contributed by atoms with Crippen molar-refractivity contribution < 1.29 is 10.5 Å². The molecule has 10 heteroatoms. The Morgan fingerprint density at radius 2 is 2.03 bits per heavy atom. The number of aromatic nitrogens is 1. The quantitative estimate of drug-likeness (QED) is 0.364. The zero-order valence-corrected chi connectivity index (χ0v) is 20.5. The highest BCUT2D eigenvalue weighted by atomic mass is 35.5. The number of pyridine rings is 1. The lowest BCUT2D eigenvalue weighted by atomic mass is 10.0. The van der Waals surface area contributed by atoms with Crippen molar-refractivity contribution in [2.45, 2.75) is 30.9 Å². The first kappa shape index (κ1) is 21.5. The first-order valence-electron chi connectivity index (χ1n) is 12.9. The van der Waals surface area contributed by atoms with E-state index in [0.717, 1.165) is 12.8 Å². The van der Waals surface area contributed by atoms with E-state index >= 15 is 0 Å². The number of nitrogens with one attached hydrogen (secondary N) is 4. The molecule has 4 N–H and O–H groups in total. The Kier molecular flexibility index (Phi) is 5.09. The third-order valence-electron chi connectivity index (χ3n) is 7.51. The molecule has 2 unspecified atom stereocenters. The molecule has 0 amide bonds. The summed E-state index contributed by atoms with van der Waals surface area (Å²) in [6.07, 6.45) is 5.57. The van der Waals surface area contributed by atoms with E-state index in [2.05, 4.69) is 32.6 Å². The number of anilines is 2. The van der Waals surface area contributed by atoms with Crippen molar-refractivity contribution in [3.63, 3.8) is 0 Å². The van der Waals surface area contributed by atoms with Crippen LogP contribution in [0, 0.1) is 29.0 Å². The largest absolute Gasteiger partial charge is 0.381 e. The molecule has 1 saturated heterocycles. The zero-order chi connectivity index (χ0) is 26.0. The van der Waals surface area contributed by atoms with Crippen LogP contribution in [0.2, 0.25) is 5.02 Å². The minimum atomic E-state index is -1.50. The normalized spacial score (nSPS) is 26.0. The third kappa shape index (κ3) is 4.11. The van der Waals surface area contributed by atoms with Gasteiger partial charge in [-0.1, -0.05) is 23.7 Å². The van der Waals surface area contributed by atoms with Gasteiger partial charge in [-0.3, -0.25) is 9.99 Å². The highest BCUT2D eigenvalue weighted by Crippen LogP contribution is 2.47. The van der Waals surface area contributed by atoms with Gasteiger partial charge in [0, 0.05) is 47.4 Å². The van der Waals surface area contributed by atoms with Crippen molar-refractivity contribution in [2.75, 3.05) is 23.8 Å². The number of fused-ring (bicyclic) bond motifs is 2. The summed E-state index contributed by atoms with van der Waals surface area (Å²) < 4.78 is 28.9. The molecule has 1 aromatic heterocycles. The Morgan fingerprint density at radius 3 is 2.76 bits per heavy atom. The molecule has 0 bridgehead atoms. The number of halogens is 2. The molecule has 3 heterocycles. The molecule has 4 atom stereocenters. The lowest BCUT2D eigenvalue weighted by Crippen LogP contribution is -2.38. The Morgan fingerprint density at radius 1 is 1.24 bits per heavy atom. The summed E-state index contributed by atoms with van der Waals surface area (Å²) in [5.74, 6) is 0.489. The maximum Gasteiger partial charge on any atom is 0.123 e. The molecule has 3 fully saturated rings. The van der Waals surface area contributed by atoms with Crippen molar-refractivity contribution in [3.05, 3.63) is 76.5 Å². The van der Waals surface area contributed by atoms with Gasteiger partial charge >= 0.3 is 0 Å². The van der Waals surface area contributed by atoms with Gasteiger partial charge in [-0.05, 0) is 42.7 Å². The van der Waals surface area contributed by atoms with E-state index in [-0.39, 0.29) is 11.9 Å². The van der Waals surface area contributed by atoms with Crippen LogP contribution in [-0.4, -0.2) is 35.3 Å². The zero-order valence-electron chi connectivity index (χ0n) is 20.8. The maximum absolute atomic E-state index is 13.8. The Bertz CT molecular complexity index is 1500. The topological polar surface area (TPSA) is 97.3 Å². The molecule has 2 saturated carbocycles. The number of nitriles is 1. The van der Waals surface area contributed by atoms with Crippen LogP contribution in [0.1, 0.15) is 31.4 Å². The minimum Gasteiger partial charge on any atom is -0.381 e. The molecular weight excluding hydrogens is 493 g/mol. The predicted octanol–water partition coefficient (Wildman–Crippen LogP) is 4.44. The number of nitrogens with zero attached hydrogens (tertiary/aromatic N) is 3. The minimum absolute atomic E-state index is 0.235. The average Bonchev–Trinajstić information content (AvgIpc) is 3.73. The molecule has 188 valence electrons. The summed E-state index contributed by atoms with van der Waals surface area (Å²) in [5.41, 5.74) is 9.58. The highest BCUT2D eigenvalue weighted by molar-refractivity contribution is 6.35. The van der Waals surface area contributed by atoms with Crippen molar-refractivity contribution in [3.8, 4) is 6.07 Å². The van der Waals surface area contributed by atoms with Crippen LogP contribution in [0.3, 0.4) is 0 Å². The molecule has 0 radical (unpaired) electrons.